The van der Waals surface area contributed by atoms with Crippen molar-refractivity contribution in [3.63, 3.8) is 0 Å². The lowest BCUT2D eigenvalue weighted by Gasteiger charge is -2.02. The van der Waals surface area contributed by atoms with Gasteiger partial charge in [-0.05, 0) is 24.6 Å². The largest absolute Gasteiger partial charge is 0.369 e. The van der Waals surface area contributed by atoms with Crippen LogP contribution in [0, 0.1) is 5.82 Å². The van der Waals surface area contributed by atoms with Gasteiger partial charge in [0, 0.05) is 6.54 Å². The van der Waals surface area contributed by atoms with Crippen LogP contribution in [0.5, 0.6) is 0 Å². The Kier molecular flexibility index (Phi) is 4.91. The number of anilines is 1. The molecule has 0 aliphatic carbocycles. The van der Waals surface area contributed by atoms with Crippen LogP contribution in [0.2, 0.25) is 0 Å². The summed E-state index contributed by atoms with van der Waals surface area (Å²) in [6, 6.07) is 6.22. The second-order valence-corrected chi connectivity index (χ2v) is 6.58. The Bertz CT molecular complexity index is 587. The van der Waals surface area contributed by atoms with Crippen molar-refractivity contribution in [2.75, 3.05) is 5.32 Å². The van der Waals surface area contributed by atoms with E-state index in [1.807, 2.05) is 0 Å². The summed E-state index contributed by atoms with van der Waals surface area (Å²) in [6.07, 6.45) is 0. The van der Waals surface area contributed by atoms with Crippen molar-refractivity contribution >= 4 is 34.1 Å². The van der Waals surface area contributed by atoms with Gasteiger partial charge in [0.2, 0.25) is 11.0 Å². The Morgan fingerprint density at radius 2 is 2.15 bits per heavy atom. The normalized spacial score (nSPS) is 12.1. The molecule has 0 saturated heterocycles. The van der Waals surface area contributed by atoms with Gasteiger partial charge in [-0.15, -0.1) is 10.2 Å². The highest BCUT2D eigenvalue weighted by molar-refractivity contribution is 8.02. The molecule has 0 radical (unpaired) electrons. The van der Waals surface area contributed by atoms with Crippen LogP contribution in [0.25, 0.3) is 0 Å². The Morgan fingerprint density at radius 1 is 1.45 bits per heavy atom. The smallest absolute Gasteiger partial charge is 0.230 e. The van der Waals surface area contributed by atoms with Gasteiger partial charge in [0.25, 0.3) is 0 Å². The standard InChI is InChI=1S/C12H13FN4OS2/c1-7(10(14)18)19-12-17-16-11(20-12)15-6-8-2-4-9(13)5-3-8/h2-5,7H,6H2,1H3,(H2,14,18)(H,15,16)/t7-/m0/s1. The Labute approximate surface area is 123 Å². The summed E-state index contributed by atoms with van der Waals surface area (Å²) in [5.41, 5.74) is 6.13. The molecule has 0 spiro atoms. The van der Waals surface area contributed by atoms with Crippen LogP contribution in [0.15, 0.2) is 28.6 Å². The zero-order chi connectivity index (χ0) is 14.5. The van der Waals surface area contributed by atoms with Gasteiger partial charge >= 0.3 is 0 Å². The van der Waals surface area contributed by atoms with E-state index in [4.69, 9.17) is 5.73 Å². The molecule has 106 valence electrons. The lowest BCUT2D eigenvalue weighted by molar-refractivity contribution is -0.117. The molecule has 1 atom stereocenters. The molecule has 0 aliphatic rings. The van der Waals surface area contributed by atoms with Gasteiger partial charge < -0.3 is 11.1 Å². The van der Waals surface area contributed by atoms with Crippen molar-refractivity contribution in [1.82, 2.24) is 10.2 Å². The molecule has 5 nitrogen and oxygen atoms in total. The van der Waals surface area contributed by atoms with E-state index in [1.165, 1.54) is 35.2 Å². The summed E-state index contributed by atoms with van der Waals surface area (Å²) < 4.78 is 13.4. The van der Waals surface area contributed by atoms with Gasteiger partial charge in [-0.25, -0.2) is 4.39 Å². The molecule has 0 bridgehead atoms. The van der Waals surface area contributed by atoms with Crippen LogP contribution in [-0.4, -0.2) is 21.4 Å². The molecular formula is C12H13FN4OS2. The molecule has 2 aromatic rings. The minimum Gasteiger partial charge on any atom is -0.369 e. The molecular weight excluding hydrogens is 299 g/mol. The van der Waals surface area contributed by atoms with Gasteiger partial charge in [-0.1, -0.05) is 35.2 Å². The number of nitrogens with zero attached hydrogens (tertiary/aromatic N) is 2. The molecule has 1 amide bonds. The molecule has 0 aliphatic heterocycles. The number of aromatic nitrogens is 2. The second kappa shape index (κ2) is 6.67. The molecule has 3 N–H and O–H groups in total. The van der Waals surface area contributed by atoms with Crippen molar-refractivity contribution in [3.05, 3.63) is 35.6 Å². The Balaban J connectivity index is 1.89. The van der Waals surface area contributed by atoms with E-state index in [9.17, 15) is 9.18 Å². The van der Waals surface area contributed by atoms with Crippen LogP contribution < -0.4 is 11.1 Å². The number of thioether (sulfide) groups is 1. The maximum Gasteiger partial charge on any atom is 0.230 e. The van der Waals surface area contributed by atoms with Gasteiger partial charge in [-0.2, -0.15) is 0 Å². The van der Waals surface area contributed by atoms with Crippen LogP contribution in [0.3, 0.4) is 0 Å². The predicted octanol–water partition coefficient (Wildman–Crippen LogP) is 2.26. The number of rotatable bonds is 6. The first kappa shape index (κ1) is 14.7. The van der Waals surface area contributed by atoms with Crippen LogP contribution in [0.4, 0.5) is 9.52 Å². The van der Waals surface area contributed by atoms with Gasteiger partial charge in [-0.3, -0.25) is 4.79 Å². The van der Waals surface area contributed by atoms with E-state index in [2.05, 4.69) is 15.5 Å². The van der Waals surface area contributed by atoms with E-state index >= 15 is 0 Å². The van der Waals surface area contributed by atoms with Crippen LogP contribution in [0.1, 0.15) is 12.5 Å². The highest BCUT2D eigenvalue weighted by Crippen LogP contribution is 2.28. The monoisotopic (exact) mass is 312 g/mol. The van der Waals surface area contributed by atoms with Gasteiger partial charge in [0.05, 0.1) is 5.25 Å². The molecule has 2 rings (SSSR count). The zero-order valence-electron chi connectivity index (χ0n) is 10.7. The highest BCUT2D eigenvalue weighted by Gasteiger charge is 2.14. The molecule has 1 heterocycles. The first-order valence-electron chi connectivity index (χ1n) is 5.82. The number of hydrogen-bond donors (Lipinski definition) is 2. The first-order chi connectivity index (χ1) is 9.54. The molecule has 0 saturated carbocycles. The van der Waals surface area contributed by atoms with E-state index < -0.39 is 0 Å². The molecule has 0 fully saturated rings. The molecule has 1 aromatic heterocycles. The molecule has 0 unspecified atom stereocenters. The SMILES string of the molecule is C[C@H](Sc1nnc(NCc2ccc(F)cc2)s1)C(N)=O. The fourth-order valence-electron chi connectivity index (χ4n) is 1.32. The third-order valence-corrected chi connectivity index (χ3v) is 4.53. The maximum absolute atomic E-state index is 12.8. The lowest BCUT2D eigenvalue weighted by Crippen LogP contribution is -2.22. The number of carbonyl (C=O) groups is 1. The van der Waals surface area contributed by atoms with Crippen LogP contribution >= 0.6 is 23.1 Å². The predicted molar refractivity (Wildman–Crippen MR) is 78.1 cm³/mol. The van der Waals surface area contributed by atoms with E-state index in [0.29, 0.717) is 16.0 Å². The number of amides is 1. The maximum atomic E-state index is 12.8. The first-order valence-corrected chi connectivity index (χ1v) is 7.52. The minimum absolute atomic E-state index is 0.260. The molecule has 8 heteroatoms. The number of primary amides is 1. The number of carbonyl (C=O) groups excluding carboxylic acids is 1. The summed E-state index contributed by atoms with van der Waals surface area (Å²) in [7, 11) is 0. The summed E-state index contributed by atoms with van der Waals surface area (Å²) in [4.78, 5) is 11.0. The van der Waals surface area contributed by atoms with Crippen LogP contribution in [-0.2, 0) is 11.3 Å². The van der Waals surface area contributed by atoms with Crippen molar-refractivity contribution in [2.45, 2.75) is 23.1 Å². The lowest BCUT2D eigenvalue weighted by atomic mass is 10.2. The van der Waals surface area contributed by atoms with Crippen molar-refractivity contribution < 1.29 is 9.18 Å². The summed E-state index contributed by atoms with van der Waals surface area (Å²) in [6.45, 7) is 2.25. The van der Waals surface area contributed by atoms with Crippen molar-refractivity contribution in [3.8, 4) is 0 Å². The van der Waals surface area contributed by atoms with E-state index in [0.717, 1.165) is 5.56 Å². The minimum atomic E-state index is -0.383. The number of hydrogen-bond acceptors (Lipinski definition) is 6. The highest BCUT2D eigenvalue weighted by atomic mass is 32.2. The zero-order valence-corrected chi connectivity index (χ0v) is 12.3. The third kappa shape index (κ3) is 4.17. The third-order valence-electron chi connectivity index (χ3n) is 2.44. The summed E-state index contributed by atoms with van der Waals surface area (Å²) >= 11 is 2.63. The number of benzene rings is 1. The average molecular weight is 312 g/mol. The van der Waals surface area contributed by atoms with Gasteiger partial charge in [0.1, 0.15) is 5.82 Å². The summed E-state index contributed by atoms with van der Waals surface area (Å²) in [5.74, 6) is -0.644. The van der Waals surface area contributed by atoms with E-state index in [1.54, 1.807) is 19.1 Å². The topological polar surface area (TPSA) is 80.9 Å². The Morgan fingerprint density at radius 3 is 2.80 bits per heavy atom. The molecule has 20 heavy (non-hydrogen) atoms. The number of nitrogens with one attached hydrogen (secondary N) is 1. The summed E-state index contributed by atoms with van der Waals surface area (Å²) in [5, 5.41) is 11.3. The fourth-order valence-corrected chi connectivity index (χ4v) is 3.16. The fraction of sp³-hybridized carbons (Fsp3) is 0.250. The number of nitrogens with two attached hydrogens (primary N) is 1. The van der Waals surface area contributed by atoms with Gasteiger partial charge in [0.15, 0.2) is 4.34 Å². The Hall–Kier alpha value is -1.67. The van der Waals surface area contributed by atoms with E-state index in [-0.39, 0.29) is 17.0 Å². The number of halogens is 1. The van der Waals surface area contributed by atoms with Crippen molar-refractivity contribution in [2.24, 2.45) is 5.73 Å². The quantitative estimate of drug-likeness (QED) is 0.800. The second-order valence-electron chi connectivity index (χ2n) is 4.02. The molecule has 1 aromatic carbocycles. The average Bonchev–Trinajstić information content (AvgIpc) is 2.85. The van der Waals surface area contributed by atoms with Crippen molar-refractivity contribution in [1.29, 1.82) is 0 Å².